The summed E-state index contributed by atoms with van der Waals surface area (Å²) in [6, 6.07) is 2.50. The number of furan rings is 1. The van der Waals surface area contributed by atoms with Gasteiger partial charge in [-0.3, -0.25) is 14.9 Å². The minimum absolute atomic E-state index is 0.00119. The molecule has 1 fully saturated rings. The molecule has 1 aliphatic heterocycles. The second-order valence-electron chi connectivity index (χ2n) is 4.20. The lowest BCUT2D eigenvalue weighted by molar-refractivity contribution is -0.402. The third-order valence-corrected chi connectivity index (χ3v) is 3.40. The highest BCUT2D eigenvalue weighted by molar-refractivity contribution is 6.18. The molecule has 1 aromatic heterocycles. The van der Waals surface area contributed by atoms with Gasteiger partial charge in [-0.05, 0) is 25.3 Å². The molecule has 1 amide bonds. The van der Waals surface area contributed by atoms with Crippen LogP contribution in [-0.2, 0) is 0 Å². The van der Waals surface area contributed by atoms with Crippen molar-refractivity contribution in [2.75, 3.05) is 12.4 Å². The highest BCUT2D eigenvalue weighted by atomic mass is 35.5. The van der Waals surface area contributed by atoms with Gasteiger partial charge in [0.05, 0.1) is 6.07 Å². The number of alkyl halides is 1. The number of rotatable bonds is 3. The highest BCUT2D eigenvalue weighted by Gasteiger charge is 2.29. The average Bonchev–Trinajstić information content (AvgIpc) is 2.87. The molecule has 18 heavy (non-hydrogen) atoms. The van der Waals surface area contributed by atoms with Crippen molar-refractivity contribution in [3.05, 3.63) is 28.0 Å². The molecule has 0 spiro atoms. The van der Waals surface area contributed by atoms with Crippen molar-refractivity contribution in [1.82, 2.24) is 4.90 Å². The van der Waals surface area contributed by atoms with Gasteiger partial charge in [0.2, 0.25) is 0 Å². The van der Waals surface area contributed by atoms with Crippen LogP contribution in [0, 0.1) is 10.1 Å². The molecule has 1 unspecified atom stereocenters. The summed E-state index contributed by atoms with van der Waals surface area (Å²) in [6.45, 7) is 0.616. The predicted molar refractivity (Wildman–Crippen MR) is 64.8 cm³/mol. The zero-order chi connectivity index (χ0) is 13.1. The van der Waals surface area contributed by atoms with Crippen molar-refractivity contribution in [2.24, 2.45) is 0 Å². The fourth-order valence-corrected chi connectivity index (χ4v) is 2.43. The summed E-state index contributed by atoms with van der Waals surface area (Å²) in [4.78, 5) is 23.6. The molecule has 98 valence electrons. The molecule has 0 radical (unpaired) electrons. The monoisotopic (exact) mass is 272 g/mol. The molecule has 1 aliphatic rings. The van der Waals surface area contributed by atoms with E-state index in [1.165, 1.54) is 12.1 Å². The summed E-state index contributed by atoms with van der Waals surface area (Å²) >= 11 is 5.83. The Morgan fingerprint density at radius 1 is 1.56 bits per heavy atom. The van der Waals surface area contributed by atoms with Crippen LogP contribution in [0.5, 0.6) is 0 Å². The Kier molecular flexibility index (Phi) is 3.86. The Morgan fingerprint density at radius 3 is 2.94 bits per heavy atom. The number of likely N-dealkylation sites (tertiary alicyclic amines) is 1. The first-order chi connectivity index (χ1) is 8.63. The molecule has 0 aromatic carbocycles. The van der Waals surface area contributed by atoms with Crippen molar-refractivity contribution in [3.8, 4) is 0 Å². The van der Waals surface area contributed by atoms with Crippen LogP contribution in [0.4, 0.5) is 5.88 Å². The Morgan fingerprint density at radius 2 is 2.33 bits per heavy atom. The Labute approximate surface area is 109 Å². The van der Waals surface area contributed by atoms with Crippen LogP contribution in [0.25, 0.3) is 0 Å². The van der Waals surface area contributed by atoms with E-state index in [0.717, 1.165) is 19.3 Å². The number of hydrogen-bond donors (Lipinski definition) is 0. The van der Waals surface area contributed by atoms with Crippen LogP contribution >= 0.6 is 11.6 Å². The van der Waals surface area contributed by atoms with Crippen molar-refractivity contribution in [1.29, 1.82) is 0 Å². The number of nitrogens with zero attached hydrogens (tertiary/aromatic N) is 2. The van der Waals surface area contributed by atoms with Gasteiger partial charge in [0.25, 0.3) is 5.91 Å². The molecule has 1 saturated heterocycles. The first-order valence-electron chi connectivity index (χ1n) is 5.74. The maximum atomic E-state index is 12.2. The van der Waals surface area contributed by atoms with E-state index in [4.69, 9.17) is 16.0 Å². The van der Waals surface area contributed by atoms with E-state index in [1.807, 2.05) is 0 Å². The lowest BCUT2D eigenvalue weighted by Crippen LogP contribution is -2.44. The Balaban J connectivity index is 2.15. The summed E-state index contributed by atoms with van der Waals surface area (Å²) in [5.41, 5.74) is 0. The molecule has 6 nitrogen and oxygen atoms in total. The van der Waals surface area contributed by atoms with Gasteiger partial charge in [-0.25, -0.2) is 0 Å². The zero-order valence-electron chi connectivity index (χ0n) is 9.67. The predicted octanol–water partition coefficient (Wildman–Crippen LogP) is 2.42. The maximum absolute atomic E-state index is 12.2. The fourth-order valence-electron chi connectivity index (χ4n) is 2.11. The van der Waals surface area contributed by atoms with E-state index in [0.29, 0.717) is 12.4 Å². The molecular weight excluding hydrogens is 260 g/mol. The second kappa shape index (κ2) is 5.39. The van der Waals surface area contributed by atoms with E-state index >= 15 is 0 Å². The van der Waals surface area contributed by atoms with Gasteiger partial charge >= 0.3 is 5.88 Å². The quantitative estimate of drug-likeness (QED) is 0.481. The van der Waals surface area contributed by atoms with Crippen LogP contribution in [0.3, 0.4) is 0 Å². The molecular formula is C11H13ClN2O4. The molecule has 0 N–H and O–H groups in total. The number of amides is 1. The van der Waals surface area contributed by atoms with Gasteiger partial charge in [-0.1, -0.05) is 0 Å². The van der Waals surface area contributed by atoms with E-state index in [1.54, 1.807) is 4.90 Å². The van der Waals surface area contributed by atoms with Crippen molar-refractivity contribution >= 4 is 23.4 Å². The minimum atomic E-state index is -0.661. The Bertz CT molecular complexity index is 460. The minimum Gasteiger partial charge on any atom is -0.395 e. The molecule has 1 atom stereocenters. The van der Waals surface area contributed by atoms with E-state index in [2.05, 4.69) is 0 Å². The van der Waals surface area contributed by atoms with Gasteiger partial charge in [0.1, 0.15) is 4.92 Å². The van der Waals surface area contributed by atoms with E-state index in [9.17, 15) is 14.9 Å². The van der Waals surface area contributed by atoms with Crippen LogP contribution < -0.4 is 0 Å². The molecule has 2 rings (SSSR count). The molecule has 1 aromatic rings. The second-order valence-corrected chi connectivity index (χ2v) is 4.51. The van der Waals surface area contributed by atoms with Gasteiger partial charge in [0, 0.05) is 18.5 Å². The standard InChI is InChI=1S/C11H13ClN2O4/c12-7-8-3-1-2-6-13(8)11(15)9-4-5-10(18-9)14(16)17/h4-5,8H,1-3,6-7H2. The van der Waals surface area contributed by atoms with E-state index < -0.39 is 10.8 Å². The van der Waals surface area contributed by atoms with Gasteiger partial charge in [-0.2, -0.15) is 0 Å². The number of piperidine rings is 1. The largest absolute Gasteiger partial charge is 0.433 e. The van der Waals surface area contributed by atoms with E-state index in [-0.39, 0.29) is 17.7 Å². The normalized spacial score (nSPS) is 19.8. The number of hydrogen-bond acceptors (Lipinski definition) is 4. The van der Waals surface area contributed by atoms with Gasteiger partial charge in [0.15, 0.2) is 5.76 Å². The summed E-state index contributed by atoms with van der Waals surface area (Å²) in [5.74, 6) is -0.376. The van der Waals surface area contributed by atoms with Crippen molar-refractivity contribution in [3.63, 3.8) is 0 Å². The molecule has 2 heterocycles. The van der Waals surface area contributed by atoms with Crippen LogP contribution in [0.15, 0.2) is 16.5 Å². The van der Waals surface area contributed by atoms with Crippen LogP contribution in [-0.4, -0.2) is 34.2 Å². The SMILES string of the molecule is O=C(c1ccc([N+](=O)[O-])o1)N1CCCCC1CCl. The third-order valence-electron chi connectivity index (χ3n) is 3.05. The molecule has 0 aliphatic carbocycles. The number of nitro groups is 1. The summed E-state index contributed by atoms with van der Waals surface area (Å²) in [5, 5.41) is 10.5. The summed E-state index contributed by atoms with van der Waals surface area (Å²) < 4.78 is 4.92. The van der Waals surface area contributed by atoms with Crippen LogP contribution in [0.2, 0.25) is 0 Å². The number of halogens is 1. The summed E-state index contributed by atoms with van der Waals surface area (Å²) in [6.07, 6.45) is 2.82. The topological polar surface area (TPSA) is 76.6 Å². The summed E-state index contributed by atoms with van der Waals surface area (Å²) in [7, 11) is 0. The first-order valence-corrected chi connectivity index (χ1v) is 6.28. The molecule has 0 bridgehead atoms. The van der Waals surface area contributed by atoms with Crippen molar-refractivity contribution < 1.29 is 14.1 Å². The maximum Gasteiger partial charge on any atom is 0.433 e. The average molecular weight is 273 g/mol. The Hall–Kier alpha value is -1.56. The highest BCUT2D eigenvalue weighted by Crippen LogP contribution is 2.23. The third kappa shape index (κ3) is 2.48. The zero-order valence-corrected chi connectivity index (χ0v) is 10.4. The van der Waals surface area contributed by atoms with Gasteiger partial charge < -0.3 is 9.32 Å². The number of carbonyl (C=O) groups excluding carboxylic acids is 1. The fraction of sp³-hybridized carbons (Fsp3) is 0.545. The van der Waals surface area contributed by atoms with Gasteiger partial charge in [-0.15, -0.1) is 11.6 Å². The lowest BCUT2D eigenvalue weighted by atomic mass is 10.0. The molecule has 0 saturated carbocycles. The van der Waals surface area contributed by atoms with Crippen molar-refractivity contribution in [2.45, 2.75) is 25.3 Å². The first kappa shape index (κ1) is 12.9. The molecule has 7 heteroatoms. The van der Waals surface area contributed by atoms with Crippen LogP contribution in [0.1, 0.15) is 29.8 Å². The number of carbonyl (C=O) groups is 1. The smallest absolute Gasteiger partial charge is 0.395 e. The lowest BCUT2D eigenvalue weighted by Gasteiger charge is -2.33.